The molecular weight excluding hydrogens is 474 g/mol. The summed E-state index contributed by atoms with van der Waals surface area (Å²) in [5.74, 6) is 0. The highest BCUT2D eigenvalue weighted by Crippen LogP contribution is 2.32. The Morgan fingerprint density at radius 2 is 1.92 bits per heavy atom. The molecule has 0 fully saturated rings. The molecule has 190 valence electrons. The van der Waals surface area contributed by atoms with E-state index >= 15 is 0 Å². The number of nitriles is 1. The van der Waals surface area contributed by atoms with Gasteiger partial charge in [0.25, 0.3) is 10.2 Å². The van der Waals surface area contributed by atoms with Crippen LogP contribution in [0.15, 0.2) is 73.1 Å². The monoisotopic (exact) mass is 507 g/mol. The van der Waals surface area contributed by atoms with E-state index in [2.05, 4.69) is 20.7 Å². The highest BCUT2D eigenvalue weighted by Gasteiger charge is 2.35. The molecule has 0 spiro atoms. The van der Waals surface area contributed by atoms with E-state index in [0.29, 0.717) is 25.1 Å². The zero-order valence-corrected chi connectivity index (χ0v) is 20.5. The highest BCUT2D eigenvalue weighted by molar-refractivity contribution is 7.87. The molecule has 1 aromatic heterocycles. The number of nitrogens with one attached hydrogen (secondary N) is 1. The first-order valence-electron chi connectivity index (χ1n) is 11.5. The quantitative estimate of drug-likeness (QED) is 0.445. The lowest BCUT2D eigenvalue weighted by atomic mass is 10.1. The fraction of sp³-hybridized carbons (Fsp3) is 0.333. The second-order valence-electron chi connectivity index (χ2n) is 8.48. The number of methoxy groups -OCH3 is 1. The van der Waals surface area contributed by atoms with Crippen molar-refractivity contribution in [2.75, 3.05) is 31.7 Å². The number of aromatic nitrogens is 1. The molecular formula is C27H33N5O3S. The van der Waals surface area contributed by atoms with Gasteiger partial charge in [-0.05, 0) is 47.4 Å². The van der Waals surface area contributed by atoms with Crippen molar-refractivity contribution < 1.29 is 13.2 Å². The van der Waals surface area contributed by atoms with Gasteiger partial charge in [0.05, 0.1) is 18.2 Å². The van der Waals surface area contributed by atoms with Crippen molar-refractivity contribution in [2.24, 2.45) is 0 Å². The summed E-state index contributed by atoms with van der Waals surface area (Å²) in [5, 5.41) is 9.50. The minimum absolute atomic E-state index is 0. The molecule has 1 aliphatic heterocycles. The molecule has 0 aliphatic carbocycles. The van der Waals surface area contributed by atoms with Gasteiger partial charge in [-0.25, -0.2) is 0 Å². The molecule has 0 saturated carbocycles. The third kappa shape index (κ3) is 6.68. The third-order valence-corrected chi connectivity index (χ3v) is 7.64. The third-order valence-electron chi connectivity index (χ3n) is 6.02. The van der Waals surface area contributed by atoms with E-state index in [1.165, 1.54) is 11.4 Å². The topological polar surface area (TPSA) is 98.6 Å². The Labute approximate surface area is 214 Å². The van der Waals surface area contributed by atoms with Crippen LogP contribution >= 0.6 is 0 Å². The fourth-order valence-electron chi connectivity index (χ4n) is 4.38. The molecule has 2 heterocycles. The molecule has 0 bridgehead atoms. The van der Waals surface area contributed by atoms with Crippen LogP contribution in [-0.2, 0) is 34.5 Å². The molecule has 0 radical (unpaired) electrons. The number of fused-ring (bicyclic) bond motifs is 1. The van der Waals surface area contributed by atoms with Gasteiger partial charge in [-0.15, -0.1) is 0 Å². The Hall–Kier alpha value is -3.29. The number of rotatable bonds is 9. The summed E-state index contributed by atoms with van der Waals surface area (Å²) in [4.78, 5) is 6.43. The predicted octanol–water partition coefficient (Wildman–Crippen LogP) is 3.50. The summed E-state index contributed by atoms with van der Waals surface area (Å²) in [6, 6.07) is 21.1. The highest BCUT2D eigenvalue weighted by atomic mass is 32.2. The van der Waals surface area contributed by atoms with Gasteiger partial charge >= 0.3 is 0 Å². The number of nitrogens with zero attached hydrogens (tertiary/aromatic N) is 4. The van der Waals surface area contributed by atoms with Gasteiger partial charge < -0.3 is 9.64 Å². The first kappa shape index (κ1) is 27.3. The lowest BCUT2D eigenvalue weighted by Gasteiger charge is -2.32. The van der Waals surface area contributed by atoms with Gasteiger partial charge in [0.15, 0.2) is 0 Å². The van der Waals surface area contributed by atoms with Crippen LogP contribution in [0.1, 0.15) is 29.7 Å². The van der Waals surface area contributed by atoms with Crippen molar-refractivity contribution in [1.82, 2.24) is 14.0 Å². The smallest absolute Gasteiger partial charge is 0.280 e. The number of hydrogen-bond acceptors (Lipinski definition) is 6. The second-order valence-corrected chi connectivity index (χ2v) is 10.2. The molecule has 3 aromatic rings. The van der Waals surface area contributed by atoms with Crippen LogP contribution in [0.25, 0.3) is 0 Å². The van der Waals surface area contributed by atoms with Gasteiger partial charge in [-0.1, -0.05) is 43.8 Å². The van der Waals surface area contributed by atoms with E-state index in [0.717, 1.165) is 22.4 Å². The van der Waals surface area contributed by atoms with Gasteiger partial charge in [0, 0.05) is 57.4 Å². The van der Waals surface area contributed by atoms with Gasteiger partial charge in [0.2, 0.25) is 0 Å². The zero-order chi connectivity index (χ0) is 24.7. The molecule has 0 amide bonds. The Morgan fingerprint density at radius 3 is 2.61 bits per heavy atom. The Morgan fingerprint density at radius 1 is 1.14 bits per heavy atom. The summed E-state index contributed by atoms with van der Waals surface area (Å²) in [7, 11) is -2.29. The number of hydrogen-bond donors (Lipinski definition) is 1. The molecule has 36 heavy (non-hydrogen) atoms. The predicted molar refractivity (Wildman–Crippen MR) is 141 cm³/mol. The van der Waals surface area contributed by atoms with Crippen molar-refractivity contribution in [1.29, 1.82) is 5.26 Å². The molecule has 1 atom stereocenters. The van der Waals surface area contributed by atoms with E-state index in [-0.39, 0.29) is 33.2 Å². The van der Waals surface area contributed by atoms with Gasteiger partial charge in [-0.3, -0.25) is 4.98 Å². The summed E-state index contributed by atoms with van der Waals surface area (Å²) in [6.45, 7) is 1.67. The Balaban J connectivity index is 0.00000361. The zero-order valence-electron chi connectivity index (χ0n) is 19.7. The van der Waals surface area contributed by atoms with Crippen LogP contribution in [-0.4, -0.2) is 50.6 Å². The van der Waals surface area contributed by atoms with Gasteiger partial charge in [0.1, 0.15) is 0 Å². The van der Waals surface area contributed by atoms with Crippen molar-refractivity contribution >= 4 is 15.9 Å². The molecule has 2 aromatic carbocycles. The molecule has 4 rings (SSSR count). The average Bonchev–Trinajstić information content (AvgIpc) is 3.02. The Kier molecular flexibility index (Phi) is 9.56. The minimum Gasteiger partial charge on any atom is -0.383 e. The van der Waals surface area contributed by atoms with Crippen molar-refractivity contribution in [3.8, 4) is 6.07 Å². The lowest BCUT2D eigenvalue weighted by Crippen LogP contribution is -2.50. The van der Waals surface area contributed by atoms with Crippen molar-refractivity contribution in [3.05, 3.63) is 95.3 Å². The molecule has 0 unspecified atom stereocenters. The number of ether oxygens (including phenoxy) is 1. The summed E-state index contributed by atoms with van der Waals surface area (Å²) >= 11 is 0. The standard InChI is InChI=1S/C26H29N5O3S.CH4/c1-34-13-12-29-35(32,33)31-19-24-14-22(16-27)9-10-26(24)30(18-23-8-5-11-28-17-23)20-25(31)15-21-6-3-2-4-7-21;/h2-11,14,17,25,29H,12-13,15,18-20H2,1H3;1H4/t25-;/m1./s1. The van der Waals surface area contributed by atoms with E-state index < -0.39 is 10.2 Å². The van der Waals surface area contributed by atoms with Crippen LogP contribution in [0.4, 0.5) is 5.69 Å². The molecule has 1 aliphatic rings. The number of benzene rings is 2. The Bertz CT molecular complexity index is 1260. The summed E-state index contributed by atoms with van der Waals surface area (Å²) in [5.41, 5.74) is 4.28. The maximum absolute atomic E-state index is 13.5. The number of anilines is 1. The van der Waals surface area contributed by atoms with E-state index in [9.17, 15) is 13.7 Å². The molecule has 1 N–H and O–H groups in total. The normalized spacial score (nSPS) is 15.9. The van der Waals surface area contributed by atoms with E-state index in [1.54, 1.807) is 18.3 Å². The minimum atomic E-state index is -3.83. The maximum atomic E-state index is 13.5. The molecule has 9 heteroatoms. The van der Waals surface area contributed by atoms with Crippen LogP contribution in [0.5, 0.6) is 0 Å². The first-order valence-corrected chi connectivity index (χ1v) is 12.9. The SMILES string of the molecule is C.COCCNS(=O)(=O)N1Cc2cc(C#N)ccc2N(Cc2cccnc2)C[C@H]1Cc1ccccc1. The summed E-state index contributed by atoms with van der Waals surface area (Å²) in [6.07, 6.45) is 4.10. The van der Waals surface area contributed by atoms with Crippen LogP contribution in [0.3, 0.4) is 0 Å². The van der Waals surface area contributed by atoms with E-state index in [1.807, 2.05) is 54.7 Å². The number of pyridine rings is 1. The summed E-state index contributed by atoms with van der Waals surface area (Å²) < 4.78 is 36.3. The van der Waals surface area contributed by atoms with Crippen LogP contribution < -0.4 is 9.62 Å². The first-order chi connectivity index (χ1) is 17.0. The van der Waals surface area contributed by atoms with E-state index in [4.69, 9.17) is 4.74 Å². The maximum Gasteiger partial charge on any atom is 0.280 e. The largest absolute Gasteiger partial charge is 0.383 e. The molecule has 0 saturated heterocycles. The molecule has 8 nitrogen and oxygen atoms in total. The van der Waals surface area contributed by atoms with Crippen molar-refractivity contribution in [3.63, 3.8) is 0 Å². The average molecular weight is 508 g/mol. The second kappa shape index (κ2) is 12.6. The van der Waals surface area contributed by atoms with Gasteiger partial charge in [-0.2, -0.15) is 22.7 Å². The fourth-order valence-corrected chi connectivity index (χ4v) is 5.73. The van der Waals surface area contributed by atoms with Crippen molar-refractivity contribution in [2.45, 2.75) is 33.0 Å². The van der Waals surface area contributed by atoms with Crippen LogP contribution in [0, 0.1) is 11.3 Å². The lowest BCUT2D eigenvalue weighted by molar-refractivity contribution is 0.203. The van der Waals surface area contributed by atoms with Crippen LogP contribution in [0.2, 0.25) is 0 Å².